The van der Waals surface area contributed by atoms with Gasteiger partial charge in [-0.25, -0.2) is 0 Å². The number of carbonyl (C=O) groups is 1. The molecule has 1 aliphatic rings. The van der Waals surface area contributed by atoms with Gasteiger partial charge in [-0.2, -0.15) is 5.26 Å². The van der Waals surface area contributed by atoms with Crippen LogP contribution in [0.15, 0.2) is 0 Å². The van der Waals surface area contributed by atoms with Crippen LogP contribution in [0.1, 0.15) is 25.7 Å². The zero-order valence-electron chi connectivity index (χ0n) is 6.47. The maximum absolute atomic E-state index is 11.1. The zero-order valence-corrected chi connectivity index (χ0v) is 6.47. The topological polar surface area (TPSA) is 52.9 Å². The lowest BCUT2D eigenvalue weighted by Crippen LogP contribution is -2.36. The standard InChI is InChI=1S/C8H12N2O/c9-5-1-3-7-4-2-6-10-8(7)11/h7H,1-4,6H2,(H,10,11)/t7-/m1/s1. The first-order chi connectivity index (χ1) is 5.34. The van der Waals surface area contributed by atoms with Gasteiger partial charge in [-0.15, -0.1) is 0 Å². The lowest BCUT2D eigenvalue weighted by molar-refractivity contribution is -0.126. The molecule has 1 heterocycles. The van der Waals surface area contributed by atoms with Crippen LogP contribution in [-0.4, -0.2) is 12.5 Å². The van der Waals surface area contributed by atoms with Crippen LogP contribution >= 0.6 is 0 Å². The van der Waals surface area contributed by atoms with E-state index < -0.39 is 0 Å². The Bertz CT molecular complexity index is 183. The molecule has 0 aliphatic carbocycles. The average Bonchev–Trinajstić information content (AvgIpc) is 2.03. The van der Waals surface area contributed by atoms with Crippen molar-refractivity contribution in [1.29, 1.82) is 5.26 Å². The van der Waals surface area contributed by atoms with Gasteiger partial charge in [0.2, 0.25) is 5.91 Å². The van der Waals surface area contributed by atoms with Gasteiger partial charge >= 0.3 is 0 Å². The maximum atomic E-state index is 11.1. The number of nitriles is 1. The van der Waals surface area contributed by atoms with Crippen LogP contribution in [0.5, 0.6) is 0 Å². The normalized spacial score (nSPS) is 23.9. The predicted molar refractivity (Wildman–Crippen MR) is 40.6 cm³/mol. The molecule has 0 aromatic rings. The Hall–Kier alpha value is -1.04. The van der Waals surface area contributed by atoms with Gasteiger partial charge in [-0.1, -0.05) is 0 Å². The van der Waals surface area contributed by atoms with Crippen LogP contribution in [0.2, 0.25) is 0 Å². The van der Waals surface area contributed by atoms with Crippen LogP contribution in [0, 0.1) is 17.2 Å². The van der Waals surface area contributed by atoms with E-state index in [1.807, 2.05) is 0 Å². The van der Waals surface area contributed by atoms with Gasteiger partial charge in [-0.3, -0.25) is 4.79 Å². The van der Waals surface area contributed by atoms with Gasteiger partial charge in [0, 0.05) is 18.9 Å². The minimum absolute atomic E-state index is 0.100. The molecule has 3 nitrogen and oxygen atoms in total. The Morgan fingerprint density at radius 1 is 1.73 bits per heavy atom. The molecule has 60 valence electrons. The van der Waals surface area contributed by atoms with Crippen molar-refractivity contribution >= 4 is 5.91 Å². The fraction of sp³-hybridized carbons (Fsp3) is 0.750. The number of hydrogen-bond donors (Lipinski definition) is 1. The predicted octanol–water partition coefficient (Wildman–Crippen LogP) is 0.816. The highest BCUT2D eigenvalue weighted by Gasteiger charge is 2.20. The van der Waals surface area contributed by atoms with E-state index in [1.165, 1.54) is 0 Å². The second-order valence-electron chi connectivity index (χ2n) is 2.83. The van der Waals surface area contributed by atoms with Gasteiger partial charge < -0.3 is 5.32 Å². The molecular formula is C8H12N2O. The molecule has 1 amide bonds. The second-order valence-corrected chi connectivity index (χ2v) is 2.83. The van der Waals surface area contributed by atoms with Crippen LogP contribution in [0.25, 0.3) is 0 Å². The number of nitrogens with one attached hydrogen (secondary N) is 1. The number of hydrogen-bond acceptors (Lipinski definition) is 2. The fourth-order valence-electron chi connectivity index (χ4n) is 1.35. The summed E-state index contributed by atoms with van der Waals surface area (Å²) < 4.78 is 0. The zero-order chi connectivity index (χ0) is 8.10. The number of amides is 1. The van der Waals surface area contributed by atoms with Crippen LogP contribution in [0.3, 0.4) is 0 Å². The molecule has 0 saturated carbocycles. The Kier molecular flexibility index (Phi) is 2.91. The minimum atomic E-state index is 0.100. The summed E-state index contributed by atoms with van der Waals surface area (Å²) in [5.41, 5.74) is 0. The maximum Gasteiger partial charge on any atom is 0.223 e. The largest absolute Gasteiger partial charge is 0.356 e. The second kappa shape index (κ2) is 3.97. The lowest BCUT2D eigenvalue weighted by atomic mass is 9.94. The summed E-state index contributed by atoms with van der Waals surface area (Å²) in [5, 5.41) is 11.1. The summed E-state index contributed by atoms with van der Waals surface area (Å²) in [5.74, 6) is 0.231. The first kappa shape index (κ1) is 8.06. The third-order valence-corrected chi connectivity index (χ3v) is 2.00. The van der Waals surface area contributed by atoms with Gasteiger partial charge in [0.25, 0.3) is 0 Å². The first-order valence-electron chi connectivity index (χ1n) is 3.99. The van der Waals surface area contributed by atoms with Crippen LogP contribution < -0.4 is 5.32 Å². The van der Waals surface area contributed by atoms with Crippen molar-refractivity contribution in [2.24, 2.45) is 5.92 Å². The molecule has 3 heteroatoms. The number of carbonyl (C=O) groups excluding carboxylic acids is 1. The first-order valence-corrected chi connectivity index (χ1v) is 3.99. The Morgan fingerprint density at radius 3 is 3.18 bits per heavy atom. The monoisotopic (exact) mass is 152 g/mol. The van der Waals surface area contributed by atoms with E-state index >= 15 is 0 Å². The smallest absolute Gasteiger partial charge is 0.223 e. The molecule has 0 aromatic heterocycles. The van der Waals surface area contributed by atoms with Crippen molar-refractivity contribution in [3.63, 3.8) is 0 Å². The molecule has 0 radical (unpaired) electrons. The molecule has 0 aromatic carbocycles. The SMILES string of the molecule is N#CCC[C@@H]1CCCNC1=O. The number of piperidine rings is 1. The summed E-state index contributed by atoms with van der Waals surface area (Å²) >= 11 is 0. The third-order valence-electron chi connectivity index (χ3n) is 2.00. The molecule has 1 saturated heterocycles. The third kappa shape index (κ3) is 2.23. The summed E-state index contributed by atoms with van der Waals surface area (Å²) in [6.45, 7) is 0.807. The summed E-state index contributed by atoms with van der Waals surface area (Å²) in [6.07, 6.45) is 3.23. The fourth-order valence-corrected chi connectivity index (χ4v) is 1.35. The van der Waals surface area contributed by atoms with E-state index in [0.29, 0.717) is 6.42 Å². The van der Waals surface area contributed by atoms with Gasteiger partial charge in [0.15, 0.2) is 0 Å². The van der Waals surface area contributed by atoms with Crippen molar-refractivity contribution in [3.05, 3.63) is 0 Å². The lowest BCUT2D eigenvalue weighted by Gasteiger charge is -2.20. The van der Waals surface area contributed by atoms with Gasteiger partial charge in [0.05, 0.1) is 6.07 Å². The highest BCUT2D eigenvalue weighted by atomic mass is 16.1. The van der Waals surface area contributed by atoms with Crippen molar-refractivity contribution in [2.45, 2.75) is 25.7 Å². The Balaban J connectivity index is 2.31. The number of rotatable bonds is 2. The summed E-state index contributed by atoms with van der Waals surface area (Å²) in [7, 11) is 0. The molecular weight excluding hydrogens is 140 g/mol. The van der Waals surface area contributed by atoms with Crippen LogP contribution in [-0.2, 0) is 4.79 Å². The van der Waals surface area contributed by atoms with E-state index in [0.717, 1.165) is 25.8 Å². The molecule has 0 unspecified atom stereocenters. The molecule has 0 bridgehead atoms. The summed E-state index contributed by atoms with van der Waals surface area (Å²) in [6, 6.07) is 2.06. The highest BCUT2D eigenvalue weighted by molar-refractivity contribution is 5.79. The van der Waals surface area contributed by atoms with Gasteiger partial charge in [-0.05, 0) is 19.3 Å². The summed E-state index contributed by atoms with van der Waals surface area (Å²) in [4.78, 5) is 11.1. The molecule has 11 heavy (non-hydrogen) atoms. The van der Waals surface area contributed by atoms with Crippen LogP contribution in [0.4, 0.5) is 0 Å². The van der Waals surface area contributed by atoms with E-state index in [-0.39, 0.29) is 11.8 Å². The molecule has 0 spiro atoms. The van der Waals surface area contributed by atoms with E-state index in [1.54, 1.807) is 0 Å². The Labute approximate surface area is 66.4 Å². The number of nitrogens with zero attached hydrogens (tertiary/aromatic N) is 1. The van der Waals surface area contributed by atoms with Crippen molar-refractivity contribution in [2.75, 3.05) is 6.54 Å². The molecule has 1 fully saturated rings. The van der Waals surface area contributed by atoms with Gasteiger partial charge in [0.1, 0.15) is 0 Å². The molecule has 1 aliphatic heterocycles. The molecule has 1 rings (SSSR count). The van der Waals surface area contributed by atoms with Crippen molar-refractivity contribution in [3.8, 4) is 6.07 Å². The van der Waals surface area contributed by atoms with E-state index in [9.17, 15) is 4.79 Å². The van der Waals surface area contributed by atoms with Crippen molar-refractivity contribution < 1.29 is 4.79 Å². The minimum Gasteiger partial charge on any atom is -0.356 e. The Morgan fingerprint density at radius 2 is 2.55 bits per heavy atom. The van der Waals surface area contributed by atoms with E-state index in [4.69, 9.17) is 5.26 Å². The highest BCUT2D eigenvalue weighted by Crippen LogP contribution is 2.16. The van der Waals surface area contributed by atoms with Crippen molar-refractivity contribution in [1.82, 2.24) is 5.32 Å². The quantitative estimate of drug-likeness (QED) is 0.636. The molecule has 1 atom stereocenters. The molecule has 1 N–H and O–H groups in total. The average molecular weight is 152 g/mol. The van der Waals surface area contributed by atoms with E-state index in [2.05, 4.69) is 11.4 Å².